The second kappa shape index (κ2) is 7.96. The molecule has 0 bridgehead atoms. The van der Waals surface area contributed by atoms with E-state index in [1.54, 1.807) is 0 Å². The molecule has 0 aliphatic carbocycles. The molecule has 0 fully saturated rings. The van der Waals surface area contributed by atoms with Crippen LogP contribution in [-0.4, -0.2) is 30.7 Å². The molecular formula is C10H18N2O3. The van der Waals surface area contributed by atoms with Crippen LogP contribution in [0.5, 0.6) is 0 Å². The Hall–Kier alpha value is -1.39. The third-order valence-electron chi connectivity index (χ3n) is 2.05. The molecule has 0 saturated carbocycles. The van der Waals surface area contributed by atoms with Crippen molar-refractivity contribution in [3.63, 3.8) is 0 Å². The van der Waals surface area contributed by atoms with Crippen molar-refractivity contribution in [2.24, 2.45) is 0 Å². The molecule has 0 radical (unpaired) electrons. The van der Waals surface area contributed by atoms with Gasteiger partial charge < -0.3 is 10.6 Å². The number of Topliss-reactive ketones (excluding diaryl/α,β-unsaturated/α-hetero) is 1. The Morgan fingerprint density at radius 1 is 1.27 bits per heavy atom. The Labute approximate surface area is 89.6 Å². The number of unbranched alkanes of at least 4 members (excludes halogenated alkanes) is 1. The minimum atomic E-state index is -0.389. The highest BCUT2D eigenvalue weighted by Crippen LogP contribution is 2.01. The maximum Gasteiger partial charge on any atom is 0.216 e. The van der Waals surface area contributed by atoms with E-state index in [1.807, 2.05) is 0 Å². The summed E-state index contributed by atoms with van der Waals surface area (Å²) in [6.07, 6.45) is 2.77. The smallest absolute Gasteiger partial charge is 0.216 e. The molecule has 5 nitrogen and oxygen atoms in total. The summed E-state index contributed by atoms with van der Waals surface area (Å²) < 4.78 is 0. The number of hydrogen-bond donors (Lipinski definition) is 2. The average molecular weight is 214 g/mol. The van der Waals surface area contributed by atoms with E-state index in [0.29, 0.717) is 19.4 Å². The topological polar surface area (TPSA) is 75.3 Å². The first-order valence-corrected chi connectivity index (χ1v) is 5.02. The molecule has 0 heterocycles. The van der Waals surface area contributed by atoms with Gasteiger partial charge in [-0.25, -0.2) is 0 Å². The van der Waals surface area contributed by atoms with Gasteiger partial charge in [-0.1, -0.05) is 0 Å². The third kappa shape index (κ3) is 7.66. The standard InChI is InChI=1S/C10H18N2O3/c1-8(14)10(12-7-13)5-3-4-6-11-9(2)15/h7,10H,3-6H2,1-2H3,(H,11,15)(H,12,13). The predicted octanol–water partition coefficient (Wildman–Crippen LogP) is -0.00360. The van der Waals surface area contributed by atoms with E-state index in [9.17, 15) is 14.4 Å². The lowest BCUT2D eigenvalue weighted by Crippen LogP contribution is -2.34. The number of hydrogen-bond acceptors (Lipinski definition) is 3. The van der Waals surface area contributed by atoms with Gasteiger partial charge in [-0.2, -0.15) is 0 Å². The molecule has 0 aromatic rings. The molecule has 5 heteroatoms. The highest BCUT2D eigenvalue weighted by atomic mass is 16.1. The van der Waals surface area contributed by atoms with E-state index in [0.717, 1.165) is 12.8 Å². The van der Waals surface area contributed by atoms with E-state index in [2.05, 4.69) is 10.6 Å². The fourth-order valence-electron chi connectivity index (χ4n) is 1.22. The molecule has 1 atom stereocenters. The van der Waals surface area contributed by atoms with Gasteiger partial charge in [-0.3, -0.25) is 14.4 Å². The summed E-state index contributed by atoms with van der Waals surface area (Å²) in [6.45, 7) is 3.53. The van der Waals surface area contributed by atoms with Gasteiger partial charge in [0.25, 0.3) is 0 Å². The first-order valence-electron chi connectivity index (χ1n) is 5.02. The summed E-state index contributed by atoms with van der Waals surface area (Å²) in [5, 5.41) is 5.13. The fourth-order valence-corrected chi connectivity index (χ4v) is 1.22. The van der Waals surface area contributed by atoms with Crippen molar-refractivity contribution >= 4 is 18.1 Å². The minimum absolute atomic E-state index is 0.0402. The van der Waals surface area contributed by atoms with E-state index in [1.165, 1.54) is 13.8 Å². The number of ketones is 1. The van der Waals surface area contributed by atoms with Crippen LogP contribution in [0.3, 0.4) is 0 Å². The zero-order valence-corrected chi connectivity index (χ0v) is 9.21. The third-order valence-corrected chi connectivity index (χ3v) is 2.05. The van der Waals surface area contributed by atoms with Crippen molar-refractivity contribution in [2.75, 3.05) is 6.54 Å². The van der Waals surface area contributed by atoms with Gasteiger partial charge in [-0.05, 0) is 26.2 Å². The Morgan fingerprint density at radius 2 is 1.93 bits per heavy atom. The van der Waals surface area contributed by atoms with Crippen LogP contribution in [0.2, 0.25) is 0 Å². The monoisotopic (exact) mass is 214 g/mol. The lowest BCUT2D eigenvalue weighted by atomic mass is 10.1. The Kier molecular flexibility index (Phi) is 7.23. The second-order valence-electron chi connectivity index (χ2n) is 3.43. The van der Waals surface area contributed by atoms with Crippen LogP contribution in [0.25, 0.3) is 0 Å². The lowest BCUT2D eigenvalue weighted by molar-refractivity contribution is -0.122. The normalized spacial score (nSPS) is 11.6. The van der Waals surface area contributed by atoms with Crippen molar-refractivity contribution in [2.45, 2.75) is 39.2 Å². The number of carbonyl (C=O) groups is 3. The summed E-state index contributed by atoms with van der Waals surface area (Å²) in [7, 11) is 0. The molecular weight excluding hydrogens is 196 g/mol. The van der Waals surface area contributed by atoms with Crippen LogP contribution in [0.15, 0.2) is 0 Å². The zero-order valence-electron chi connectivity index (χ0n) is 9.21. The summed E-state index contributed by atoms with van der Waals surface area (Å²) in [4.78, 5) is 31.7. The Morgan fingerprint density at radius 3 is 2.40 bits per heavy atom. The predicted molar refractivity (Wildman–Crippen MR) is 56.2 cm³/mol. The Balaban J connectivity index is 3.57. The second-order valence-corrected chi connectivity index (χ2v) is 3.43. The van der Waals surface area contributed by atoms with Gasteiger partial charge in [0.1, 0.15) is 0 Å². The van der Waals surface area contributed by atoms with Crippen molar-refractivity contribution < 1.29 is 14.4 Å². The molecule has 0 aliphatic rings. The van der Waals surface area contributed by atoms with E-state index in [-0.39, 0.29) is 17.7 Å². The van der Waals surface area contributed by atoms with Crippen LogP contribution < -0.4 is 10.6 Å². The molecule has 0 spiro atoms. The van der Waals surface area contributed by atoms with E-state index < -0.39 is 0 Å². The fraction of sp³-hybridized carbons (Fsp3) is 0.700. The number of rotatable bonds is 8. The first kappa shape index (κ1) is 13.6. The molecule has 0 aliphatic heterocycles. The van der Waals surface area contributed by atoms with Gasteiger partial charge in [0.2, 0.25) is 12.3 Å². The van der Waals surface area contributed by atoms with Crippen LogP contribution >= 0.6 is 0 Å². The summed E-state index contributed by atoms with van der Waals surface area (Å²) >= 11 is 0. The maximum atomic E-state index is 11.0. The van der Waals surface area contributed by atoms with Gasteiger partial charge in [0, 0.05) is 13.5 Å². The molecule has 0 saturated heterocycles. The van der Waals surface area contributed by atoms with Crippen LogP contribution in [-0.2, 0) is 14.4 Å². The van der Waals surface area contributed by atoms with Crippen molar-refractivity contribution in [1.29, 1.82) is 0 Å². The summed E-state index contributed by atoms with van der Waals surface area (Å²) in [5.74, 6) is -0.0919. The Bertz CT molecular complexity index is 229. The van der Waals surface area contributed by atoms with Gasteiger partial charge in [-0.15, -0.1) is 0 Å². The van der Waals surface area contributed by atoms with Crippen LogP contribution in [0.1, 0.15) is 33.1 Å². The quantitative estimate of drug-likeness (QED) is 0.441. The molecule has 0 aromatic carbocycles. The summed E-state index contributed by atoms with van der Waals surface area (Å²) in [5.41, 5.74) is 0. The van der Waals surface area contributed by atoms with Gasteiger partial charge >= 0.3 is 0 Å². The average Bonchev–Trinajstić information content (AvgIpc) is 2.15. The number of carbonyl (C=O) groups excluding carboxylic acids is 3. The molecule has 86 valence electrons. The van der Waals surface area contributed by atoms with E-state index in [4.69, 9.17) is 0 Å². The van der Waals surface area contributed by atoms with Crippen molar-refractivity contribution in [3.05, 3.63) is 0 Å². The molecule has 1 unspecified atom stereocenters. The molecule has 15 heavy (non-hydrogen) atoms. The molecule has 2 amide bonds. The molecule has 2 N–H and O–H groups in total. The highest BCUT2D eigenvalue weighted by Gasteiger charge is 2.11. The van der Waals surface area contributed by atoms with Gasteiger partial charge in [0.15, 0.2) is 5.78 Å². The highest BCUT2D eigenvalue weighted by molar-refractivity contribution is 5.83. The molecule has 0 aromatic heterocycles. The summed E-state index contributed by atoms with van der Waals surface area (Å²) in [6, 6.07) is -0.389. The van der Waals surface area contributed by atoms with E-state index >= 15 is 0 Å². The lowest BCUT2D eigenvalue weighted by Gasteiger charge is -2.11. The molecule has 0 rings (SSSR count). The van der Waals surface area contributed by atoms with Crippen molar-refractivity contribution in [3.8, 4) is 0 Å². The van der Waals surface area contributed by atoms with Crippen molar-refractivity contribution in [1.82, 2.24) is 10.6 Å². The van der Waals surface area contributed by atoms with Crippen LogP contribution in [0.4, 0.5) is 0 Å². The first-order chi connectivity index (χ1) is 7.07. The van der Waals surface area contributed by atoms with Crippen LogP contribution in [0, 0.1) is 0 Å². The van der Waals surface area contributed by atoms with Gasteiger partial charge in [0.05, 0.1) is 6.04 Å². The largest absolute Gasteiger partial charge is 0.356 e. The zero-order chi connectivity index (χ0) is 11.7. The maximum absolute atomic E-state index is 11.0. The SMILES string of the molecule is CC(=O)NCCCCC(NC=O)C(C)=O. The number of nitrogens with one attached hydrogen (secondary N) is 2. The minimum Gasteiger partial charge on any atom is -0.356 e. The number of amides is 2.